The van der Waals surface area contributed by atoms with Gasteiger partial charge in [-0.2, -0.15) is 0 Å². The topological polar surface area (TPSA) is 90.0 Å². The van der Waals surface area contributed by atoms with Gasteiger partial charge >= 0.3 is 0 Å². The zero-order chi connectivity index (χ0) is 40.8. The van der Waals surface area contributed by atoms with Gasteiger partial charge in [0.15, 0.2) is 0 Å². The van der Waals surface area contributed by atoms with Crippen molar-refractivity contribution >= 4 is 28.9 Å². The fraction of sp³-hybridized carbons (Fsp3) is 0.511. The number of unbranched alkanes of at least 4 members (excludes halogenated alkanes) is 1. The van der Waals surface area contributed by atoms with Gasteiger partial charge in [-0.05, 0) is 99.7 Å². The van der Waals surface area contributed by atoms with Gasteiger partial charge < -0.3 is 4.90 Å². The highest BCUT2D eigenvalue weighted by atomic mass is 32.1. The fourth-order valence-electron chi connectivity index (χ4n) is 9.90. The van der Waals surface area contributed by atoms with Crippen LogP contribution in [0.15, 0.2) is 84.6 Å². The zero-order valence-electron chi connectivity index (χ0n) is 33.9. The summed E-state index contributed by atoms with van der Waals surface area (Å²) in [6.07, 6.45) is 9.95. The number of alkyl halides is 2. The molecular weight excluding hydrogens is 767 g/mol. The van der Waals surface area contributed by atoms with E-state index >= 15 is 0 Å². The van der Waals surface area contributed by atoms with Crippen LogP contribution >= 0.6 is 11.3 Å². The minimum Gasteiger partial charge on any atom is -0.300 e. The van der Waals surface area contributed by atoms with Crippen molar-refractivity contribution in [3.05, 3.63) is 117 Å². The highest BCUT2D eigenvalue weighted by Crippen LogP contribution is 2.39. The number of amides is 2. The molecule has 2 aliphatic carbocycles. The van der Waals surface area contributed by atoms with E-state index in [2.05, 4.69) is 37.9 Å². The van der Waals surface area contributed by atoms with Crippen LogP contribution in [0.4, 0.5) is 8.78 Å². The van der Waals surface area contributed by atoms with Crippen LogP contribution in [0.5, 0.6) is 0 Å². The number of halogens is 2. The average Bonchev–Trinajstić information content (AvgIpc) is 3.86. The Bertz CT molecular complexity index is 2000. The smallest absolute Gasteiger partial charge is 0.261 e. The fourth-order valence-corrected chi connectivity index (χ4v) is 10.5. The van der Waals surface area contributed by atoms with Gasteiger partial charge in [0.25, 0.3) is 11.8 Å². The number of aryl methyl sites for hydroxylation is 1. The van der Waals surface area contributed by atoms with E-state index in [0.29, 0.717) is 30.5 Å². The maximum absolute atomic E-state index is 14.0. The SMILES string of the molecule is O=C(C[C@@H](CCN1CCN(Cc2cncs2)[C@@H](CN(CCCCN2C(=O)c3ccccc3C2=O)[C@H]2CCCc3cccnc32)C1)c1ccccc1)C1CCC(F)(F)CC1. The number of ketones is 1. The van der Waals surface area contributed by atoms with E-state index < -0.39 is 5.92 Å². The molecule has 4 aromatic rings. The van der Waals surface area contributed by atoms with Crippen molar-refractivity contribution in [3.63, 3.8) is 0 Å². The molecule has 1 saturated carbocycles. The number of fused-ring (bicyclic) bond motifs is 2. The van der Waals surface area contributed by atoms with E-state index in [4.69, 9.17) is 4.98 Å². The molecule has 2 fully saturated rings. The van der Waals surface area contributed by atoms with Crippen LogP contribution in [0.2, 0.25) is 0 Å². The Morgan fingerprint density at radius 1 is 0.915 bits per heavy atom. The highest BCUT2D eigenvalue weighted by molar-refractivity contribution is 7.09. The predicted octanol–water partition coefficient (Wildman–Crippen LogP) is 8.44. The largest absolute Gasteiger partial charge is 0.300 e. The van der Waals surface area contributed by atoms with Crippen LogP contribution in [0, 0.1) is 5.92 Å². The number of Topliss-reactive ketones (excluding diaryl/α,β-unsaturated/α-hetero) is 1. The Labute approximate surface area is 350 Å². The number of hydrogen-bond acceptors (Lipinski definition) is 9. The molecule has 12 heteroatoms. The number of carbonyl (C=O) groups is 3. The number of pyridine rings is 1. The number of rotatable bonds is 17. The third-order valence-corrected chi connectivity index (χ3v) is 14.0. The first-order chi connectivity index (χ1) is 28.7. The summed E-state index contributed by atoms with van der Waals surface area (Å²) in [6.45, 7) is 6.42. The lowest BCUT2D eigenvalue weighted by atomic mass is 9.79. The van der Waals surface area contributed by atoms with Crippen LogP contribution in [-0.2, 0) is 17.8 Å². The number of aromatic nitrogens is 2. The Kier molecular flexibility index (Phi) is 13.4. The number of carbonyl (C=O) groups excluding carboxylic acids is 3. The van der Waals surface area contributed by atoms with Gasteiger partial charge in [-0.3, -0.25) is 39.1 Å². The Hall–Kier alpha value is -4.23. The van der Waals surface area contributed by atoms with E-state index in [1.54, 1.807) is 35.6 Å². The first-order valence-corrected chi connectivity index (χ1v) is 22.5. The van der Waals surface area contributed by atoms with Gasteiger partial charge in [0.1, 0.15) is 5.78 Å². The summed E-state index contributed by atoms with van der Waals surface area (Å²) in [6, 6.07) is 22.0. The second-order valence-electron chi connectivity index (χ2n) is 17.1. The number of benzene rings is 2. The standard InChI is InChI=1S/C47H56F2N6O3S/c48-47(49)20-17-35(18-21-47)43(56)28-37(34-10-2-1-3-11-34)19-25-52-26-27-53(32-39-29-50-33-59-39)38(30-52)31-54(42-16-8-12-36-13-9-22-51-44(36)42)23-6-7-24-55-45(57)40-14-4-5-15-41(40)46(55)58/h1-5,9-11,13-15,22,29,33,35,37-38,42H,6-8,12,16-21,23-28,30-32H2/t37-,38-,42+/m1/s1. The van der Waals surface area contributed by atoms with Crippen molar-refractivity contribution in [1.29, 1.82) is 0 Å². The van der Waals surface area contributed by atoms with Crippen molar-refractivity contribution in [2.45, 2.75) is 101 Å². The molecular formula is C47H56F2N6O3S. The van der Waals surface area contributed by atoms with Gasteiger partial charge in [0.05, 0.1) is 28.4 Å². The average molecular weight is 823 g/mol. The molecule has 1 saturated heterocycles. The zero-order valence-corrected chi connectivity index (χ0v) is 34.7. The molecule has 0 unspecified atom stereocenters. The summed E-state index contributed by atoms with van der Waals surface area (Å²) in [5, 5.41) is 0. The number of imide groups is 1. The molecule has 0 bridgehead atoms. The monoisotopic (exact) mass is 822 g/mol. The quantitative estimate of drug-likeness (QED) is 0.0775. The molecule has 0 spiro atoms. The lowest BCUT2D eigenvalue weighted by molar-refractivity contribution is -0.127. The van der Waals surface area contributed by atoms with Gasteiger partial charge in [0, 0.05) is 87.8 Å². The molecule has 59 heavy (non-hydrogen) atoms. The van der Waals surface area contributed by atoms with E-state index in [1.807, 2.05) is 42.2 Å². The predicted molar refractivity (Wildman–Crippen MR) is 226 cm³/mol. The Morgan fingerprint density at radius 3 is 2.42 bits per heavy atom. The van der Waals surface area contributed by atoms with Gasteiger partial charge in [0.2, 0.25) is 5.92 Å². The third-order valence-electron chi connectivity index (χ3n) is 13.2. The number of thiazole rings is 1. The Morgan fingerprint density at radius 2 is 1.68 bits per heavy atom. The molecule has 4 heterocycles. The maximum atomic E-state index is 14.0. The molecule has 9 nitrogen and oxygen atoms in total. The van der Waals surface area contributed by atoms with Crippen LogP contribution in [0.3, 0.4) is 0 Å². The van der Waals surface area contributed by atoms with Gasteiger partial charge in [-0.15, -0.1) is 11.3 Å². The lowest BCUT2D eigenvalue weighted by Gasteiger charge is -2.45. The summed E-state index contributed by atoms with van der Waals surface area (Å²) in [7, 11) is 0. The molecule has 0 radical (unpaired) electrons. The molecule has 2 aromatic carbocycles. The lowest BCUT2D eigenvalue weighted by Crippen LogP contribution is -2.57. The van der Waals surface area contributed by atoms with Crippen molar-refractivity contribution in [2.24, 2.45) is 5.92 Å². The first-order valence-electron chi connectivity index (χ1n) is 21.6. The van der Waals surface area contributed by atoms with Crippen LogP contribution < -0.4 is 0 Å². The maximum Gasteiger partial charge on any atom is 0.261 e. The normalized spacial score (nSPS) is 21.8. The van der Waals surface area contributed by atoms with Crippen molar-refractivity contribution < 1.29 is 23.2 Å². The number of piperazine rings is 1. The Balaban J connectivity index is 0.970. The summed E-state index contributed by atoms with van der Waals surface area (Å²) < 4.78 is 27.9. The molecule has 3 atom stereocenters. The molecule has 8 rings (SSSR count). The molecule has 2 aromatic heterocycles. The van der Waals surface area contributed by atoms with E-state index in [0.717, 1.165) is 89.2 Å². The highest BCUT2D eigenvalue weighted by Gasteiger charge is 2.39. The molecule has 2 amide bonds. The summed E-state index contributed by atoms with van der Waals surface area (Å²) in [5.74, 6) is -3.18. The second-order valence-corrected chi connectivity index (χ2v) is 18.0. The summed E-state index contributed by atoms with van der Waals surface area (Å²) in [4.78, 5) is 59.6. The van der Waals surface area contributed by atoms with Crippen molar-refractivity contribution in [2.75, 3.05) is 45.8 Å². The van der Waals surface area contributed by atoms with Crippen molar-refractivity contribution in [1.82, 2.24) is 29.6 Å². The van der Waals surface area contributed by atoms with Gasteiger partial charge in [-0.25, -0.2) is 8.78 Å². The number of nitrogens with zero attached hydrogens (tertiary/aromatic N) is 6. The molecule has 2 aliphatic heterocycles. The minimum absolute atomic E-state index is 0.0308. The molecule has 0 N–H and O–H groups in total. The summed E-state index contributed by atoms with van der Waals surface area (Å²) >= 11 is 1.69. The number of hydrogen-bond donors (Lipinski definition) is 0. The summed E-state index contributed by atoms with van der Waals surface area (Å²) in [5.41, 5.74) is 6.50. The minimum atomic E-state index is -2.65. The van der Waals surface area contributed by atoms with Crippen LogP contribution in [-0.4, -0.2) is 105 Å². The van der Waals surface area contributed by atoms with Crippen LogP contribution in [0.1, 0.15) is 119 Å². The third kappa shape index (κ3) is 10.0. The molecule has 4 aliphatic rings. The van der Waals surface area contributed by atoms with E-state index in [-0.39, 0.29) is 67.2 Å². The molecule has 312 valence electrons. The first kappa shape index (κ1) is 41.5. The second kappa shape index (κ2) is 19.0. The van der Waals surface area contributed by atoms with Crippen molar-refractivity contribution in [3.8, 4) is 0 Å². The van der Waals surface area contributed by atoms with E-state index in [1.165, 1.54) is 15.3 Å². The van der Waals surface area contributed by atoms with Crippen LogP contribution in [0.25, 0.3) is 0 Å². The van der Waals surface area contributed by atoms with E-state index in [9.17, 15) is 23.2 Å². The van der Waals surface area contributed by atoms with Gasteiger partial charge in [-0.1, -0.05) is 48.5 Å².